The van der Waals surface area contributed by atoms with Gasteiger partial charge >= 0.3 is 0 Å². The number of halogens is 1. The number of hydrogen-bond acceptors (Lipinski definition) is 0. The van der Waals surface area contributed by atoms with Gasteiger partial charge < -0.3 is 0 Å². The molecule has 1 heteroatoms. The molecule has 0 saturated heterocycles. The molecule has 0 aliphatic rings. The van der Waals surface area contributed by atoms with Gasteiger partial charge in [0.1, 0.15) is 6.17 Å². The van der Waals surface area contributed by atoms with Gasteiger partial charge in [0.25, 0.3) is 0 Å². The van der Waals surface area contributed by atoms with Gasteiger partial charge in [0, 0.05) is 12.3 Å². The van der Waals surface area contributed by atoms with Crippen LogP contribution in [0.25, 0.3) is 0 Å². The van der Waals surface area contributed by atoms with E-state index < -0.39 is 0 Å². The van der Waals surface area contributed by atoms with Gasteiger partial charge in [-0.25, -0.2) is 0 Å². The monoisotopic (exact) mass is 151 g/mol. The maximum absolute atomic E-state index is 11.2. The summed E-state index contributed by atoms with van der Waals surface area (Å²) >= 11 is 0. The molecule has 0 heterocycles. The summed E-state index contributed by atoms with van der Waals surface area (Å²) in [4.78, 5) is 0. The lowest BCUT2D eigenvalue weighted by Gasteiger charge is -1.90. The fourth-order valence-corrected chi connectivity index (χ4v) is 0.697. The standard InChI is InChI=1S/C10H12F/c1-2-3-4-5-6-7-8-9-10-11/h1-6H2. The summed E-state index contributed by atoms with van der Waals surface area (Å²) in [7, 11) is 0. The summed E-state index contributed by atoms with van der Waals surface area (Å²) in [5.41, 5.74) is 0. The van der Waals surface area contributed by atoms with Crippen molar-refractivity contribution < 1.29 is 4.39 Å². The van der Waals surface area contributed by atoms with E-state index in [-0.39, 0.29) is 0 Å². The Morgan fingerprint density at radius 1 is 1.09 bits per heavy atom. The van der Waals surface area contributed by atoms with E-state index in [0.29, 0.717) is 0 Å². The van der Waals surface area contributed by atoms with E-state index >= 15 is 0 Å². The average Bonchev–Trinajstić information content (AvgIpc) is 2.03. The molecule has 0 aromatic heterocycles. The molecule has 0 aromatic rings. The summed E-state index contributed by atoms with van der Waals surface area (Å²) in [6.45, 7) is 3.72. The van der Waals surface area contributed by atoms with Crippen molar-refractivity contribution in [2.75, 3.05) is 0 Å². The van der Waals surface area contributed by atoms with Crippen LogP contribution in [-0.2, 0) is 0 Å². The minimum absolute atomic E-state index is 0.814. The van der Waals surface area contributed by atoms with Gasteiger partial charge in [-0.2, -0.15) is 0 Å². The molecule has 0 rings (SSSR count). The van der Waals surface area contributed by atoms with Crippen LogP contribution in [-0.4, -0.2) is 0 Å². The van der Waals surface area contributed by atoms with Crippen LogP contribution >= 0.6 is 0 Å². The lowest BCUT2D eigenvalue weighted by molar-refractivity contribution is 0.701. The van der Waals surface area contributed by atoms with Gasteiger partial charge in [0.05, 0.1) is 0 Å². The Balaban J connectivity index is 3.13. The zero-order valence-electron chi connectivity index (χ0n) is 6.62. The molecule has 0 aliphatic carbocycles. The predicted octanol–water partition coefficient (Wildman–Crippen LogP) is 2.70. The topological polar surface area (TPSA) is 0 Å². The molecule has 0 atom stereocenters. The average molecular weight is 151 g/mol. The summed E-state index contributed by atoms with van der Waals surface area (Å²) in [6, 6.07) is 0. The van der Waals surface area contributed by atoms with Crippen molar-refractivity contribution >= 4 is 0 Å². The predicted molar refractivity (Wildman–Crippen MR) is 45.1 cm³/mol. The van der Waals surface area contributed by atoms with Crippen LogP contribution in [0.15, 0.2) is 0 Å². The van der Waals surface area contributed by atoms with E-state index in [1.807, 2.05) is 5.92 Å². The van der Waals surface area contributed by atoms with E-state index in [1.54, 1.807) is 0 Å². The molecule has 59 valence electrons. The highest BCUT2D eigenvalue weighted by atomic mass is 19.1. The smallest absolute Gasteiger partial charge is 0.119 e. The maximum atomic E-state index is 11.2. The van der Waals surface area contributed by atoms with Gasteiger partial charge in [-0.1, -0.05) is 32.1 Å². The van der Waals surface area contributed by atoms with Crippen molar-refractivity contribution in [1.29, 1.82) is 0 Å². The SMILES string of the molecule is [CH2]CCCCCC#CC#CF. The van der Waals surface area contributed by atoms with Crippen molar-refractivity contribution in [3.63, 3.8) is 0 Å². The van der Waals surface area contributed by atoms with Crippen LogP contribution in [0.5, 0.6) is 0 Å². The van der Waals surface area contributed by atoms with Gasteiger partial charge in [0.15, 0.2) is 0 Å². The molecule has 11 heavy (non-hydrogen) atoms. The maximum Gasteiger partial charge on any atom is 0.119 e. The Labute approximate surface area is 68.2 Å². The fraction of sp³-hybridized carbons (Fsp3) is 0.500. The first-order chi connectivity index (χ1) is 5.41. The highest BCUT2D eigenvalue weighted by Crippen LogP contribution is 2.00. The van der Waals surface area contributed by atoms with Crippen molar-refractivity contribution in [1.82, 2.24) is 0 Å². The molecule has 0 fully saturated rings. The summed E-state index contributed by atoms with van der Waals surface area (Å²) in [5, 5.41) is 0. The molecule has 0 aliphatic heterocycles. The molecular weight excluding hydrogens is 139 g/mol. The zero-order chi connectivity index (χ0) is 8.36. The van der Waals surface area contributed by atoms with E-state index in [1.165, 1.54) is 6.17 Å². The summed E-state index contributed by atoms with van der Waals surface area (Å²) < 4.78 is 11.2. The highest BCUT2D eigenvalue weighted by Gasteiger charge is 1.82. The lowest BCUT2D eigenvalue weighted by atomic mass is 10.2. The number of hydrogen-bond donors (Lipinski definition) is 0. The first-order valence-electron chi connectivity index (χ1n) is 3.79. The normalized spacial score (nSPS) is 7.45. The second-order valence-corrected chi connectivity index (χ2v) is 2.19. The minimum Gasteiger partial charge on any atom is -0.143 e. The molecule has 0 nitrogen and oxygen atoms in total. The molecule has 0 amide bonds. The van der Waals surface area contributed by atoms with Crippen LogP contribution < -0.4 is 0 Å². The van der Waals surface area contributed by atoms with Crippen LogP contribution in [0.1, 0.15) is 32.1 Å². The van der Waals surface area contributed by atoms with Gasteiger partial charge in [-0.15, -0.1) is 4.39 Å². The Bertz CT molecular complexity index is 184. The quantitative estimate of drug-likeness (QED) is 0.428. The van der Waals surface area contributed by atoms with Gasteiger partial charge in [-0.05, 0) is 12.3 Å². The molecule has 1 radical (unpaired) electrons. The molecular formula is C10H12F. The van der Waals surface area contributed by atoms with Crippen molar-refractivity contribution in [3.05, 3.63) is 6.92 Å². The number of unbranched alkanes of at least 4 members (excludes halogenated alkanes) is 4. The number of rotatable bonds is 4. The van der Waals surface area contributed by atoms with E-state index in [2.05, 4.69) is 18.8 Å². The van der Waals surface area contributed by atoms with Gasteiger partial charge in [0.2, 0.25) is 0 Å². The Hall–Kier alpha value is -0.950. The minimum atomic E-state index is 0.814. The van der Waals surface area contributed by atoms with Crippen molar-refractivity contribution in [2.24, 2.45) is 0 Å². The van der Waals surface area contributed by atoms with E-state index in [4.69, 9.17) is 0 Å². The van der Waals surface area contributed by atoms with Crippen LogP contribution in [0.4, 0.5) is 4.39 Å². The van der Waals surface area contributed by atoms with Crippen molar-refractivity contribution in [2.45, 2.75) is 32.1 Å². The summed E-state index contributed by atoms with van der Waals surface area (Å²) in [5.74, 6) is 7.22. The molecule has 0 spiro atoms. The van der Waals surface area contributed by atoms with Crippen LogP contribution in [0.2, 0.25) is 0 Å². The lowest BCUT2D eigenvalue weighted by Crippen LogP contribution is -1.73. The highest BCUT2D eigenvalue weighted by molar-refractivity contribution is 5.23. The van der Waals surface area contributed by atoms with Crippen molar-refractivity contribution in [3.8, 4) is 23.9 Å². The molecule has 0 bridgehead atoms. The third kappa shape index (κ3) is 9.05. The van der Waals surface area contributed by atoms with E-state index in [9.17, 15) is 4.39 Å². The molecule has 0 N–H and O–H groups in total. The summed E-state index contributed by atoms with van der Waals surface area (Å²) in [6.07, 6.45) is 6.40. The third-order valence-corrected chi connectivity index (χ3v) is 1.25. The largest absolute Gasteiger partial charge is 0.143 e. The Morgan fingerprint density at radius 3 is 2.55 bits per heavy atom. The van der Waals surface area contributed by atoms with E-state index in [0.717, 1.165) is 32.1 Å². The Morgan fingerprint density at radius 2 is 1.91 bits per heavy atom. The molecule has 0 saturated carbocycles. The second kappa shape index (κ2) is 9.05. The second-order valence-electron chi connectivity index (χ2n) is 2.19. The van der Waals surface area contributed by atoms with Crippen LogP contribution in [0.3, 0.4) is 0 Å². The molecule has 0 aromatic carbocycles. The zero-order valence-corrected chi connectivity index (χ0v) is 6.62. The first kappa shape index (κ1) is 10.0. The Kier molecular flexibility index (Phi) is 8.27. The fourth-order valence-electron chi connectivity index (χ4n) is 0.697. The molecule has 0 unspecified atom stereocenters. The first-order valence-corrected chi connectivity index (χ1v) is 3.79. The van der Waals surface area contributed by atoms with Crippen LogP contribution in [0, 0.1) is 30.9 Å². The third-order valence-electron chi connectivity index (χ3n) is 1.25. The van der Waals surface area contributed by atoms with Gasteiger partial charge in [-0.3, -0.25) is 0 Å².